The molecule has 33 heavy (non-hydrogen) atoms. The summed E-state index contributed by atoms with van der Waals surface area (Å²) < 4.78 is 6.82. The lowest BCUT2D eigenvalue weighted by Gasteiger charge is -2.16. The third-order valence-electron chi connectivity index (χ3n) is 5.43. The standard InChI is InChI=1S/C25H30N4O4/c1-3-33-22-12-9-19(10-13-22)11-14-24(30)28(2)16-15-21-18-29(27-26-21)23(25(31)32)17-20-7-5-4-6-8-20/h4-10,12-13,18,23H,3,11,14-17H2,1-2H3,(H,31,32). The normalized spacial score (nSPS) is 11.7. The Kier molecular flexibility index (Phi) is 8.57. The number of aliphatic carboxylic acids is 1. The van der Waals surface area contributed by atoms with Gasteiger partial charge in [-0.25, -0.2) is 9.48 Å². The minimum absolute atomic E-state index is 0.0452. The Morgan fingerprint density at radius 3 is 2.45 bits per heavy atom. The molecular formula is C25H30N4O4. The van der Waals surface area contributed by atoms with Crippen molar-refractivity contribution in [1.29, 1.82) is 0 Å². The van der Waals surface area contributed by atoms with Gasteiger partial charge in [-0.3, -0.25) is 4.79 Å². The van der Waals surface area contributed by atoms with E-state index < -0.39 is 12.0 Å². The maximum absolute atomic E-state index is 12.5. The first-order valence-corrected chi connectivity index (χ1v) is 11.1. The molecule has 0 bridgehead atoms. The summed E-state index contributed by atoms with van der Waals surface area (Å²) in [6.07, 6.45) is 3.55. The average molecular weight is 451 g/mol. The number of carbonyl (C=O) groups is 2. The SMILES string of the molecule is CCOc1ccc(CCC(=O)N(C)CCc2cn(C(Cc3ccccc3)C(=O)O)nn2)cc1. The number of hydrogen-bond donors (Lipinski definition) is 1. The topological polar surface area (TPSA) is 97.5 Å². The molecule has 0 saturated carbocycles. The highest BCUT2D eigenvalue weighted by Gasteiger charge is 2.22. The van der Waals surface area contributed by atoms with Gasteiger partial charge < -0.3 is 14.7 Å². The lowest BCUT2D eigenvalue weighted by molar-refractivity contribution is -0.141. The second kappa shape index (κ2) is 11.8. The first kappa shape index (κ1) is 24.0. The van der Waals surface area contributed by atoms with Gasteiger partial charge in [0.2, 0.25) is 5.91 Å². The Morgan fingerprint density at radius 2 is 1.79 bits per heavy atom. The number of carbonyl (C=O) groups excluding carboxylic acids is 1. The van der Waals surface area contributed by atoms with Crippen LogP contribution in [-0.2, 0) is 28.9 Å². The highest BCUT2D eigenvalue weighted by Crippen LogP contribution is 2.15. The average Bonchev–Trinajstić information content (AvgIpc) is 3.29. The Balaban J connectivity index is 1.49. The van der Waals surface area contributed by atoms with Crippen LogP contribution < -0.4 is 4.74 Å². The smallest absolute Gasteiger partial charge is 0.328 e. The highest BCUT2D eigenvalue weighted by atomic mass is 16.5. The van der Waals surface area contributed by atoms with Crippen LogP contribution in [0.5, 0.6) is 5.75 Å². The number of rotatable bonds is 12. The van der Waals surface area contributed by atoms with Crippen molar-refractivity contribution in [3.05, 3.63) is 77.6 Å². The molecule has 3 aromatic rings. The lowest BCUT2D eigenvalue weighted by Crippen LogP contribution is -2.29. The van der Waals surface area contributed by atoms with Crippen LogP contribution >= 0.6 is 0 Å². The van der Waals surface area contributed by atoms with Gasteiger partial charge in [-0.2, -0.15) is 0 Å². The molecule has 0 spiro atoms. The van der Waals surface area contributed by atoms with Gasteiger partial charge in [0.05, 0.1) is 12.3 Å². The molecule has 0 radical (unpaired) electrons. The van der Waals surface area contributed by atoms with Gasteiger partial charge in [0.1, 0.15) is 5.75 Å². The molecule has 0 aliphatic heterocycles. The van der Waals surface area contributed by atoms with E-state index in [0.29, 0.717) is 44.5 Å². The first-order valence-electron chi connectivity index (χ1n) is 11.1. The van der Waals surface area contributed by atoms with Gasteiger partial charge in [0.15, 0.2) is 6.04 Å². The molecule has 0 saturated heterocycles. The van der Waals surface area contributed by atoms with E-state index in [9.17, 15) is 14.7 Å². The molecule has 1 N–H and O–H groups in total. The Labute approximate surface area is 193 Å². The molecule has 2 aromatic carbocycles. The van der Waals surface area contributed by atoms with Gasteiger partial charge in [-0.15, -0.1) is 5.10 Å². The number of likely N-dealkylation sites (N-methyl/N-ethyl adjacent to an activating group) is 1. The van der Waals surface area contributed by atoms with Crippen molar-refractivity contribution in [2.24, 2.45) is 0 Å². The van der Waals surface area contributed by atoms with E-state index in [0.717, 1.165) is 16.9 Å². The molecule has 174 valence electrons. The highest BCUT2D eigenvalue weighted by molar-refractivity contribution is 5.76. The monoisotopic (exact) mass is 450 g/mol. The zero-order valence-electron chi connectivity index (χ0n) is 19.1. The summed E-state index contributed by atoms with van der Waals surface area (Å²) in [5.41, 5.74) is 2.65. The Hall–Kier alpha value is -3.68. The van der Waals surface area contributed by atoms with E-state index in [4.69, 9.17) is 4.74 Å². The number of carboxylic acid groups (broad SMARTS) is 1. The van der Waals surface area contributed by atoms with Gasteiger partial charge in [-0.05, 0) is 36.6 Å². The fourth-order valence-corrected chi connectivity index (χ4v) is 3.48. The lowest BCUT2D eigenvalue weighted by atomic mass is 10.1. The zero-order chi connectivity index (χ0) is 23.6. The molecule has 1 heterocycles. The molecule has 8 heteroatoms. The van der Waals surface area contributed by atoms with Crippen LogP contribution in [-0.4, -0.2) is 57.1 Å². The molecule has 3 rings (SSSR count). The number of aryl methyl sites for hydroxylation is 1. The quantitative estimate of drug-likeness (QED) is 0.455. The summed E-state index contributed by atoms with van der Waals surface area (Å²) in [4.78, 5) is 25.9. The number of carboxylic acids is 1. The van der Waals surface area contributed by atoms with Crippen LogP contribution in [0.15, 0.2) is 60.8 Å². The zero-order valence-corrected chi connectivity index (χ0v) is 19.1. The Bertz CT molecular complexity index is 1030. The van der Waals surface area contributed by atoms with E-state index >= 15 is 0 Å². The summed E-state index contributed by atoms with van der Waals surface area (Å²) in [7, 11) is 1.76. The van der Waals surface area contributed by atoms with Gasteiger partial charge in [0, 0.05) is 39.1 Å². The maximum Gasteiger partial charge on any atom is 0.328 e. The number of ether oxygens (including phenoxy) is 1. The molecule has 1 unspecified atom stereocenters. The minimum Gasteiger partial charge on any atom is -0.494 e. The number of aromatic nitrogens is 3. The number of nitrogens with zero attached hydrogens (tertiary/aromatic N) is 4. The van der Waals surface area contributed by atoms with Crippen molar-refractivity contribution in [3.63, 3.8) is 0 Å². The van der Waals surface area contributed by atoms with Crippen molar-refractivity contribution in [1.82, 2.24) is 19.9 Å². The van der Waals surface area contributed by atoms with Crippen molar-refractivity contribution >= 4 is 11.9 Å². The van der Waals surface area contributed by atoms with Crippen LogP contribution in [0.4, 0.5) is 0 Å². The van der Waals surface area contributed by atoms with E-state index in [-0.39, 0.29) is 5.91 Å². The van der Waals surface area contributed by atoms with Crippen LogP contribution in [0, 0.1) is 0 Å². The van der Waals surface area contributed by atoms with Crippen LogP contribution in [0.25, 0.3) is 0 Å². The molecule has 0 fully saturated rings. The van der Waals surface area contributed by atoms with E-state index in [1.807, 2.05) is 61.5 Å². The van der Waals surface area contributed by atoms with Crippen molar-refractivity contribution in [3.8, 4) is 5.75 Å². The van der Waals surface area contributed by atoms with Crippen LogP contribution in [0.1, 0.15) is 36.2 Å². The van der Waals surface area contributed by atoms with Crippen LogP contribution in [0.2, 0.25) is 0 Å². The molecule has 8 nitrogen and oxygen atoms in total. The molecule has 1 amide bonds. The Morgan fingerprint density at radius 1 is 1.06 bits per heavy atom. The number of benzene rings is 2. The predicted molar refractivity (Wildman–Crippen MR) is 124 cm³/mol. The summed E-state index contributed by atoms with van der Waals surface area (Å²) >= 11 is 0. The third-order valence-corrected chi connectivity index (χ3v) is 5.43. The predicted octanol–water partition coefficient (Wildman–Crippen LogP) is 3.18. The van der Waals surface area contributed by atoms with E-state index in [2.05, 4.69) is 10.3 Å². The molecular weight excluding hydrogens is 420 g/mol. The fraction of sp³-hybridized carbons (Fsp3) is 0.360. The van der Waals surface area contributed by atoms with Crippen molar-refractivity contribution in [2.75, 3.05) is 20.2 Å². The summed E-state index contributed by atoms with van der Waals surface area (Å²) in [6.45, 7) is 3.05. The molecule has 1 aromatic heterocycles. The van der Waals surface area contributed by atoms with Crippen molar-refractivity contribution in [2.45, 2.75) is 38.6 Å². The first-order chi connectivity index (χ1) is 16.0. The van der Waals surface area contributed by atoms with Gasteiger partial charge >= 0.3 is 5.97 Å². The second-order valence-electron chi connectivity index (χ2n) is 7.88. The maximum atomic E-state index is 12.5. The number of amides is 1. The summed E-state index contributed by atoms with van der Waals surface area (Å²) in [5, 5.41) is 17.8. The largest absolute Gasteiger partial charge is 0.494 e. The summed E-state index contributed by atoms with van der Waals surface area (Å²) in [6, 6.07) is 16.4. The van der Waals surface area contributed by atoms with Crippen LogP contribution in [0.3, 0.4) is 0 Å². The van der Waals surface area contributed by atoms with E-state index in [1.165, 1.54) is 4.68 Å². The van der Waals surface area contributed by atoms with Gasteiger partial charge in [0.25, 0.3) is 0 Å². The van der Waals surface area contributed by atoms with E-state index in [1.54, 1.807) is 18.1 Å². The number of hydrogen-bond acceptors (Lipinski definition) is 5. The molecule has 1 atom stereocenters. The summed E-state index contributed by atoms with van der Waals surface area (Å²) in [5.74, 6) is -0.0905. The molecule has 0 aliphatic carbocycles. The second-order valence-corrected chi connectivity index (χ2v) is 7.88. The minimum atomic E-state index is -0.961. The fourth-order valence-electron chi connectivity index (χ4n) is 3.48. The third kappa shape index (κ3) is 7.17. The van der Waals surface area contributed by atoms with Gasteiger partial charge in [-0.1, -0.05) is 47.7 Å². The van der Waals surface area contributed by atoms with Crippen molar-refractivity contribution < 1.29 is 19.4 Å². The molecule has 0 aliphatic rings.